The zero-order chi connectivity index (χ0) is 14.2. The summed E-state index contributed by atoms with van der Waals surface area (Å²) in [5, 5.41) is 8.49. The Hall–Kier alpha value is -1.58. The van der Waals surface area contributed by atoms with Crippen molar-refractivity contribution in [3.05, 3.63) is 48.0 Å². The molecular formula is C17H23ClN2O. The van der Waals surface area contributed by atoms with Crippen LogP contribution in [0, 0.1) is 0 Å². The number of nitrogens with one attached hydrogen (secondary N) is 2. The average molecular weight is 307 g/mol. The Labute approximate surface area is 132 Å². The molecule has 114 valence electrons. The fourth-order valence-electron chi connectivity index (χ4n) is 2.23. The third-order valence-corrected chi connectivity index (χ3v) is 3.38. The predicted octanol–water partition coefficient (Wildman–Crippen LogP) is 2.92. The van der Waals surface area contributed by atoms with E-state index < -0.39 is 0 Å². The van der Waals surface area contributed by atoms with E-state index in [1.165, 1.54) is 16.3 Å². The second-order valence-corrected chi connectivity index (χ2v) is 4.99. The summed E-state index contributed by atoms with van der Waals surface area (Å²) in [6.45, 7) is 1.68. The molecule has 0 fully saturated rings. The summed E-state index contributed by atoms with van der Waals surface area (Å²) < 4.78 is 0. The molecule has 21 heavy (non-hydrogen) atoms. The first-order chi connectivity index (χ1) is 9.79. The smallest absolute Gasteiger partial charge is 0.220 e. The summed E-state index contributed by atoms with van der Waals surface area (Å²) in [7, 11) is 1.92. The molecule has 0 aliphatic rings. The molecule has 0 unspecified atom stereocenters. The van der Waals surface area contributed by atoms with Gasteiger partial charge in [0.2, 0.25) is 5.91 Å². The number of halogens is 1. The molecule has 2 aromatic rings. The van der Waals surface area contributed by atoms with Gasteiger partial charge < -0.3 is 10.6 Å². The van der Waals surface area contributed by atoms with Gasteiger partial charge in [0.25, 0.3) is 0 Å². The van der Waals surface area contributed by atoms with Crippen molar-refractivity contribution in [2.45, 2.75) is 19.3 Å². The molecule has 2 aromatic carbocycles. The van der Waals surface area contributed by atoms with Crippen LogP contribution in [-0.4, -0.2) is 26.0 Å². The second-order valence-electron chi connectivity index (χ2n) is 4.99. The second kappa shape index (κ2) is 9.37. The van der Waals surface area contributed by atoms with Gasteiger partial charge in [0.05, 0.1) is 0 Å². The summed E-state index contributed by atoms with van der Waals surface area (Å²) in [4.78, 5) is 11.7. The van der Waals surface area contributed by atoms with Gasteiger partial charge in [-0.15, -0.1) is 12.4 Å². The summed E-state index contributed by atoms with van der Waals surface area (Å²) in [6.07, 6.45) is 2.32. The van der Waals surface area contributed by atoms with E-state index in [9.17, 15) is 4.79 Å². The number of carbonyl (C=O) groups excluding carboxylic acids is 1. The maximum absolute atomic E-state index is 11.7. The number of hydrogen-bond donors (Lipinski definition) is 2. The third kappa shape index (κ3) is 5.74. The van der Waals surface area contributed by atoms with Crippen LogP contribution in [0.5, 0.6) is 0 Å². The van der Waals surface area contributed by atoms with Gasteiger partial charge in [-0.2, -0.15) is 0 Å². The van der Waals surface area contributed by atoms with Gasteiger partial charge in [-0.3, -0.25) is 4.79 Å². The van der Waals surface area contributed by atoms with Crippen LogP contribution in [0.4, 0.5) is 0 Å². The Balaban J connectivity index is 0.00000220. The van der Waals surface area contributed by atoms with Crippen LogP contribution < -0.4 is 10.6 Å². The number of amides is 1. The van der Waals surface area contributed by atoms with Gasteiger partial charge in [-0.05, 0) is 42.8 Å². The largest absolute Gasteiger partial charge is 0.356 e. The molecule has 2 N–H and O–H groups in total. The number of benzene rings is 2. The SMILES string of the molecule is CNCCCNC(=O)CCc1ccc2ccccc2c1.Cl. The Morgan fingerprint density at radius 2 is 1.81 bits per heavy atom. The van der Waals surface area contributed by atoms with Crippen molar-refractivity contribution in [2.24, 2.45) is 0 Å². The van der Waals surface area contributed by atoms with Crippen LogP contribution >= 0.6 is 12.4 Å². The molecule has 3 nitrogen and oxygen atoms in total. The van der Waals surface area contributed by atoms with Gasteiger partial charge >= 0.3 is 0 Å². The Kier molecular flexibility index (Phi) is 7.80. The maximum Gasteiger partial charge on any atom is 0.220 e. The molecule has 0 heterocycles. The molecule has 0 aliphatic heterocycles. The van der Waals surface area contributed by atoms with Crippen molar-refractivity contribution >= 4 is 29.1 Å². The van der Waals surface area contributed by atoms with Crippen LogP contribution in [0.1, 0.15) is 18.4 Å². The monoisotopic (exact) mass is 306 g/mol. The number of fused-ring (bicyclic) bond motifs is 1. The molecular weight excluding hydrogens is 284 g/mol. The van der Waals surface area contributed by atoms with E-state index in [1.807, 2.05) is 19.2 Å². The van der Waals surface area contributed by atoms with E-state index in [1.54, 1.807) is 0 Å². The standard InChI is InChI=1S/C17H22N2O.ClH/c1-18-11-4-12-19-17(20)10-8-14-7-9-15-5-2-3-6-16(15)13-14;/h2-3,5-7,9,13,18H,4,8,10-12H2,1H3,(H,19,20);1H. The molecule has 4 heteroatoms. The van der Waals surface area contributed by atoms with E-state index in [4.69, 9.17) is 0 Å². The van der Waals surface area contributed by atoms with Crippen molar-refractivity contribution in [3.8, 4) is 0 Å². The zero-order valence-corrected chi connectivity index (χ0v) is 13.2. The van der Waals surface area contributed by atoms with Crippen molar-refractivity contribution in [1.29, 1.82) is 0 Å². The van der Waals surface area contributed by atoms with E-state index in [0.29, 0.717) is 6.42 Å². The van der Waals surface area contributed by atoms with Crippen LogP contribution in [0.25, 0.3) is 10.8 Å². The highest BCUT2D eigenvalue weighted by Crippen LogP contribution is 2.16. The van der Waals surface area contributed by atoms with Crippen LogP contribution in [0.3, 0.4) is 0 Å². The molecule has 0 saturated carbocycles. The first-order valence-electron chi connectivity index (χ1n) is 7.18. The lowest BCUT2D eigenvalue weighted by molar-refractivity contribution is -0.121. The molecule has 0 radical (unpaired) electrons. The highest BCUT2D eigenvalue weighted by atomic mass is 35.5. The summed E-state index contributed by atoms with van der Waals surface area (Å²) >= 11 is 0. The van der Waals surface area contributed by atoms with E-state index in [0.717, 1.165) is 25.9 Å². The lowest BCUT2D eigenvalue weighted by atomic mass is 10.0. The Morgan fingerprint density at radius 1 is 1.05 bits per heavy atom. The minimum Gasteiger partial charge on any atom is -0.356 e. The van der Waals surface area contributed by atoms with Crippen LogP contribution in [0.2, 0.25) is 0 Å². The quantitative estimate of drug-likeness (QED) is 0.772. The van der Waals surface area contributed by atoms with Gasteiger partial charge in [-0.25, -0.2) is 0 Å². The van der Waals surface area contributed by atoms with Crippen molar-refractivity contribution in [2.75, 3.05) is 20.1 Å². The molecule has 0 spiro atoms. The summed E-state index contributed by atoms with van der Waals surface area (Å²) in [5.41, 5.74) is 1.22. The lowest BCUT2D eigenvalue weighted by Gasteiger charge is -2.06. The summed E-state index contributed by atoms with van der Waals surface area (Å²) in [5.74, 6) is 0.134. The first kappa shape index (κ1) is 17.5. The minimum atomic E-state index is 0. The van der Waals surface area contributed by atoms with Gasteiger partial charge in [-0.1, -0.05) is 42.5 Å². The van der Waals surface area contributed by atoms with Crippen LogP contribution in [-0.2, 0) is 11.2 Å². The zero-order valence-electron chi connectivity index (χ0n) is 12.4. The van der Waals surface area contributed by atoms with E-state index in [2.05, 4.69) is 41.0 Å². The summed E-state index contributed by atoms with van der Waals surface area (Å²) in [6, 6.07) is 14.7. The normalized spacial score (nSPS) is 10.1. The topological polar surface area (TPSA) is 41.1 Å². The predicted molar refractivity (Wildman–Crippen MR) is 91.1 cm³/mol. The maximum atomic E-state index is 11.7. The van der Waals surface area contributed by atoms with E-state index >= 15 is 0 Å². The van der Waals surface area contributed by atoms with E-state index in [-0.39, 0.29) is 18.3 Å². The van der Waals surface area contributed by atoms with Gasteiger partial charge in [0, 0.05) is 13.0 Å². The van der Waals surface area contributed by atoms with Gasteiger partial charge in [0.1, 0.15) is 0 Å². The number of rotatable bonds is 7. The molecule has 0 bridgehead atoms. The van der Waals surface area contributed by atoms with Crippen molar-refractivity contribution < 1.29 is 4.79 Å². The average Bonchev–Trinajstić information content (AvgIpc) is 2.49. The van der Waals surface area contributed by atoms with Gasteiger partial charge in [0.15, 0.2) is 0 Å². The van der Waals surface area contributed by atoms with Crippen molar-refractivity contribution in [1.82, 2.24) is 10.6 Å². The number of hydrogen-bond acceptors (Lipinski definition) is 2. The number of aryl methyl sites for hydroxylation is 1. The minimum absolute atomic E-state index is 0. The highest BCUT2D eigenvalue weighted by Gasteiger charge is 2.02. The van der Waals surface area contributed by atoms with Crippen molar-refractivity contribution in [3.63, 3.8) is 0 Å². The fraction of sp³-hybridized carbons (Fsp3) is 0.353. The Bertz CT molecular complexity index is 571. The number of carbonyl (C=O) groups is 1. The first-order valence-corrected chi connectivity index (χ1v) is 7.18. The highest BCUT2D eigenvalue weighted by molar-refractivity contribution is 5.85. The molecule has 2 rings (SSSR count). The van der Waals surface area contributed by atoms with Crippen LogP contribution in [0.15, 0.2) is 42.5 Å². The molecule has 0 atom stereocenters. The third-order valence-electron chi connectivity index (χ3n) is 3.38. The Morgan fingerprint density at radius 3 is 2.57 bits per heavy atom. The molecule has 0 aliphatic carbocycles. The lowest BCUT2D eigenvalue weighted by Crippen LogP contribution is -2.26. The molecule has 1 amide bonds. The molecule has 0 saturated heterocycles. The molecule has 0 aromatic heterocycles. The fourth-order valence-corrected chi connectivity index (χ4v) is 2.23.